The van der Waals surface area contributed by atoms with Crippen molar-refractivity contribution in [3.8, 4) is 6.07 Å². The smallest absolute Gasteiger partial charge is 0.0953 e. The highest BCUT2D eigenvalue weighted by molar-refractivity contribution is 5.84. The van der Waals surface area contributed by atoms with Gasteiger partial charge in [-0.2, -0.15) is 5.26 Å². The summed E-state index contributed by atoms with van der Waals surface area (Å²) in [5, 5.41) is 9.37. The summed E-state index contributed by atoms with van der Waals surface area (Å²) in [6.45, 7) is 4.09. The van der Waals surface area contributed by atoms with E-state index in [1.54, 1.807) is 0 Å². The molecule has 0 radical (unpaired) electrons. The van der Waals surface area contributed by atoms with E-state index in [0.717, 1.165) is 28.7 Å². The lowest BCUT2D eigenvalue weighted by Gasteiger charge is -2.11. The molecule has 1 nitrogen and oxygen atoms in total. The predicted molar refractivity (Wildman–Crippen MR) is 79.5 cm³/mol. The summed E-state index contributed by atoms with van der Waals surface area (Å²) in [7, 11) is 0. The van der Waals surface area contributed by atoms with Gasteiger partial charge in [-0.3, -0.25) is 0 Å². The van der Waals surface area contributed by atoms with Crippen LogP contribution in [0.1, 0.15) is 30.0 Å². The summed E-state index contributed by atoms with van der Waals surface area (Å²) >= 11 is 0. The molecule has 2 rings (SSSR count). The van der Waals surface area contributed by atoms with Crippen LogP contribution in [0.2, 0.25) is 0 Å². The second-order valence-corrected chi connectivity index (χ2v) is 4.55. The zero-order valence-electron chi connectivity index (χ0n) is 11.4. The van der Waals surface area contributed by atoms with Gasteiger partial charge in [-0.25, -0.2) is 0 Å². The van der Waals surface area contributed by atoms with Crippen molar-refractivity contribution in [3.63, 3.8) is 0 Å². The molecule has 2 aromatic rings. The molecule has 0 N–H and O–H groups in total. The van der Waals surface area contributed by atoms with Gasteiger partial charge < -0.3 is 0 Å². The standard InChI is InChI=1S/C18H17N/c1-3-15(13-19)18(16-7-5-4-6-8-16)17-11-9-14(2)10-12-17/h4-12H,3H2,1-2H3/b18-15+. The van der Waals surface area contributed by atoms with E-state index in [4.69, 9.17) is 0 Å². The van der Waals surface area contributed by atoms with Crippen molar-refractivity contribution in [1.82, 2.24) is 0 Å². The molecular weight excluding hydrogens is 230 g/mol. The zero-order chi connectivity index (χ0) is 13.7. The van der Waals surface area contributed by atoms with Crippen LogP contribution in [0.25, 0.3) is 5.57 Å². The van der Waals surface area contributed by atoms with E-state index < -0.39 is 0 Å². The Morgan fingerprint density at radius 1 is 0.947 bits per heavy atom. The molecular formula is C18H17N. The van der Waals surface area contributed by atoms with Crippen molar-refractivity contribution in [3.05, 3.63) is 76.9 Å². The van der Waals surface area contributed by atoms with Gasteiger partial charge in [0.2, 0.25) is 0 Å². The van der Waals surface area contributed by atoms with E-state index >= 15 is 0 Å². The molecule has 1 heteroatoms. The summed E-state index contributed by atoms with van der Waals surface area (Å²) in [5.41, 5.74) is 5.31. The Hall–Kier alpha value is -2.33. The molecule has 0 heterocycles. The molecule has 0 aromatic heterocycles. The third-order valence-electron chi connectivity index (χ3n) is 3.19. The Labute approximate surface area is 114 Å². The molecule has 0 aliphatic rings. The summed E-state index contributed by atoms with van der Waals surface area (Å²) in [6.07, 6.45) is 0.745. The van der Waals surface area contributed by atoms with E-state index in [0.29, 0.717) is 0 Å². The van der Waals surface area contributed by atoms with Gasteiger partial charge in [-0.05, 0) is 24.5 Å². The topological polar surface area (TPSA) is 23.8 Å². The summed E-state index contributed by atoms with van der Waals surface area (Å²) in [5.74, 6) is 0. The molecule has 0 fully saturated rings. The first-order chi connectivity index (χ1) is 9.26. The third-order valence-corrected chi connectivity index (χ3v) is 3.19. The Morgan fingerprint density at radius 3 is 2.05 bits per heavy atom. The van der Waals surface area contributed by atoms with Crippen molar-refractivity contribution in [2.75, 3.05) is 0 Å². The molecule has 19 heavy (non-hydrogen) atoms. The van der Waals surface area contributed by atoms with Crippen LogP contribution in [0.3, 0.4) is 0 Å². The van der Waals surface area contributed by atoms with Gasteiger partial charge in [0.15, 0.2) is 0 Å². The van der Waals surface area contributed by atoms with Gasteiger partial charge in [0.05, 0.1) is 6.07 Å². The average molecular weight is 247 g/mol. The Morgan fingerprint density at radius 2 is 1.53 bits per heavy atom. The molecule has 2 aromatic carbocycles. The van der Waals surface area contributed by atoms with Gasteiger partial charge >= 0.3 is 0 Å². The van der Waals surface area contributed by atoms with Crippen molar-refractivity contribution in [1.29, 1.82) is 5.26 Å². The number of nitriles is 1. The van der Waals surface area contributed by atoms with Gasteiger partial charge in [0.25, 0.3) is 0 Å². The lowest BCUT2D eigenvalue weighted by atomic mass is 9.92. The fourth-order valence-corrected chi connectivity index (χ4v) is 2.15. The maximum atomic E-state index is 9.37. The van der Waals surface area contributed by atoms with Crippen LogP contribution in [-0.4, -0.2) is 0 Å². The Kier molecular flexibility index (Phi) is 4.15. The van der Waals surface area contributed by atoms with E-state index in [9.17, 15) is 5.26 Å². The third kappa shape index (κ3) is 2.92. The number of aryl methyl sites for hydroxylation is 1. The lowest BCUT2D eigenvalue weighted by Crippen LogP contribution is -1.93. The maximum absolute atomic E-state index is 9.37. The largest absolute Gasteiger partial charge is 0.193 e. The molecule has 0 atom stereocenters. The van der Waals surface area contributed by atoms with Crippen LogP contribution < -0.4 is 0 Å². The number of hydrogen-bond acceptors (Lipinski definition) is 1. The molecule has 0 aliphatic heterocycles. The number of nitrogens with zero attached hydrogens (tertiary/aromatic N) is 1. The van der Waals surface area contributed by atoms with Crippen LogP contribution in [0.15, 0.2) is 60.2 Å². The molecule has 94 valence electrons. The number of rotatable bonds is 3. The van der Waals surface area contributed by atoms with Gasteiger partial charge in [-0.1, -0.05) is 67.1 Å². The highest BCUT2D eigenvalue weighted by Crippen LogP contribution is 2.28. The van der Waals surface area contributed by atoms with Crippen molar-refractivity contribution in [2.45, 2.75) is 20.3 Å². The first kappa shape index (κ1) is 13.1. The van der Waals surface area contributed by atoms with Gasteiger partial charge in [0.1, 0.15) is 0 Å². The number of benzene rings is 2. The average Bonchev–Trinajstić information content (AvgIpc) is 2.47. The molecule has 0 spiro atoms. The summed E-state index contributed by atoms with van der Waals surface area (Å²) in [6, 6.07) is 20.8. The molecule has 0 amide bonds. The molecule has 0 saturated heterocycles. The number of allylic oxidation sites excluding steroid dienone is 1. The molecule has 0 bridgehead atoms. The fraction of sp³-hybridized carbons (Fsp3) is 0.167. The van der Waals surface area contributed by atoms with E-state index in [2.05, 4.69) is 49.4 Å². The lowest BCUT2D eigenvalue weighted by molar-refractivity contribution is 1.15. The monoisotopic (exact) mass is 247 g/mol. The van der Waals surface area contributed by atoms with Gasteiger partial charge in [-0.15, -0.1) is 0 Å². The Bertz CT molecular complexity index is 613. The van der Waals surface area contributed by atoms with Crippen LogP contribution in [0.5, 0.6) is 0 Å². The van der Waals surface area contributed by atoms with Crippen molar-refractivity contribution in [2.24, 2.45) is 0 Å². The van der Waals surface area contributed by atoms with Crippen molar-refractivity contribution < 1.29 is 0 Å². The quantitative estimate of drug-likeness (QED) is 0.719. The van der Waals surface area contributed by atoms with Crippen LogP contribution >= 0.6 is 0 Å². The highest BCUT2D eigenvalue weighted by atomic mass is 14.3. The summed E-state index contributed by atoms with van der Waals surface area (Å²) < 4.78 is 0. The Balaban J connectivity index is 2.63. The van der Waals surface area contributed by atoms with Gasteiger partial charge in [0, 0.05) is 11.1 Å². The molecule has 0 saturated carbocycles. The number of hydrogen-bond donors (Lipinski definition) is 0. The highest BCUT2D eigenvalue weighted by Gasteiger charge is 2.10. The van der Waals surface area contributed by atoms with Crippen LogP contribution in [0, 0.1) is 18.3 Å². The first-order valence-electron chi connectivity index (χ1n) is 6.52. The SMILES string of the molecule is CC/C(C#N)=C(/c1ccccc1)c1ccc(C)cc1. The first-order valence-corrected chi connectivity index (χ1v) is 6.52. The normalized spacial score (nSPS) is 11.6. The minimum Gasteiger partial charge on any atom is -0.193 e. The van der Waals surface area contributed by atoms with E-state index in [1.807, 2.05) is 25.1 Å². The second-order valence-electron chi connectivity index (χ2n) is 4.55. The zero-order valence-corrected chi connectivity index (χ0v) is 11.4. The fourth-order valence-electron chi connectivity index (χ4n) is 2.15. The molecule has 0 unspecified atom stereocenters. The minimum atomic E-state index is 0.745. The minimum absolute atomic E-state index is 0.745. The maximum Gasteiger partial charge on any atom is 0.0953 e. The van der Waals surface area contributed by atoms with Crippen LogP contribution in [-0.2, 0) is 0 Å². The van der Waals surface area contributed by atoms with E-state index in [1.165, 1.54) is 5.56 Å². The van der Waals surface area contributed by atoms with E-state index in [-0.39, 0.29) is 0 Å². The van der Waals surface area contributed by atoms with Crippen molar-refractivity contribution >= 4 is 5.57 Å². The predicted octanol–water partition coefficient (Wildman–Crippen LogP) is 4.73. The molecule has 0 aliphatic carbocycles. The summed E-state index contributed by atoms with van der Waals surface area (Å²) in [4.78, 5) is 0. The second kappa shape index (κ2) is 6.02. The van der Waals surface area contributed by atoms with Crippen LogP contribution in [0.4, 0.5) is 0 Å².